The van der Waals surface area contributed by atoms with E-state index < -0.39 is 20.0 Å². The number of sulfonamides is 2. The fourth-order valence-electron chi connectivity index (χ4n) is 5.23. The van der Waals surface area contributed by atoms with Crippen LogP contribution in [-0.4, -0.2) is 68.8 Å². The van der Waals surface area contributed by atoms with Crippen molar-refractivity contribution in [1.82, 2.24) is 10.6 Å². The molecule has 4 aromatic rings. The minimum atomic E-state index is -3.77. The normalized spacial score (nSPS) is 14.7. The van der Waals surface area contributed by atoms with E-state index in [0.717, 1.165) is 60.1 Å². The van der Waals surface area contributed by atoms with Gasteiger partial charge in [0.2, 0.25) is 0 Å². The Morgan fingerprint density at radius 3 is 1.22 bits per heavy atom. The highest BCUT2D eigenvalue weighted by Gasteiger charge is 2.23. The van der Waals surface area contributed by atoms with E-state index in [4.69, 9.17) is 0 Å². The minimum absolute atomic E-state index is 0.185. The molecule has 2 N–H and O–H groups in total. The molecule has 232 valence electrons. The largest absolute Gasteiger partial charge is 0.368 e. The van der Waals surface area contributed by atoms with Gasteiger partial charge in [-0.3, -0.25) is 18.6 Å². The zero-order valence-electron chi connectivity index (χ0n) is 25.0. The lowest BCUT2D eigenvalue weighted by molar-refractivity contribution is 0.592. The van der Waals surface area contributed by atoms with Crippen molar-refractivity contribution in [2.24, 2.45) is 9.98 Å². The third-order valence-electron chi connectivity index (χ3n) is 7.93. The Morgan fingerprint density at radius 1 is 0.556 bits per heavy atom. The Morgan fingerprint density at radius 2 is 0.911 bits per heavy atom. The Bertz CT molecular complexity index is 1810. The fraction of sp³-hybridized carbons (Fsp3) is 0.212. The molecule has 2 heterocycles. The number of amidine groups is 2. The van der Waals surface area contributed by atoms with Gasteiger partial charge in [0.25, 0.3) is 20.0 Å². The van der Waals surface area contributed by atoms with E-state index in [9.17, 15) is 16.8 Å². The average Bonchev–Trinajstić information content (AvgIpc) is 3.81. The van der Waals surface area contributed by atoms with E-state index in [1.807, 2.05) is 24.3 Å². The van der Waals surface area contributed by atoms with Crippen molar-refractivity contribution in [2.45, 2.75) is 16.2 Å². The summed E-state index contributed by atoms with van der Waals surface area (Å²) in [5.41, 5.74) is 4.75. The van der Waals surface area contributed by atoms with Gasteiger partial charge in [-0.1, -0.05) is 24.3 Å². The highest BCUT2D eigenvalue weighted by atomic mass is 32.2. The highest BCUT2D eigenvalue weighted by molar-refractivity contribution is 7.93. The first-order valence-electron chi connectivity index (χ1n) is 14.6. The molecule has 0 aliphatic carbocycles. The van der Waals surface area contributed by atoms with Crippen LogP contribution in [-0.2, 0) is 26.5 Å². The van der Waals surface area contributed by atoms with Crippen molar-refractivity contribution in [3.63, 3.8) is 0 Å². The zero-order valence-corrected chi connectivity index (χ0v) is 26.6. The molecule has 0 amide bonds. The molecular formula is C33H34N6O4S2. The maximum absolute atomic E-state index is 13.3. The van der Waals surface area contributed by atoms with Gasteiger partial charge in [0.05, 0.1) is 34.3 Å². The summed E-state index contributed by atoms with van der Waals surface area (Å²) in [6, 6.07) is 28.0. The molecule has 10 nitrogen and oxygen atoms in total. The molecule has 4 aromatic carbocycles. The molecule has 2 aliphatic rings. The molecule has 12 heteroatoms. The molecule has 0 unspecified atom stereocenters. The molecule has 0 spiro atoms. The van der Waals surface area contributed by atoms with Crippen LogP contribution in [0, 0.1) is 0 Å². The summed E-state index contributed by atoms with van der Waals surface area (Å²) in [5.74, 6) is 1.64. The van der Waals surface area contributed by atoms with Gasteiger partial charge < -0.3 is 10.6 Å². The third-order valence-corrected chi connectivity index (χ3v) is 11.5. The quantitative estimate of drug-likeness (QED) is 0.273. The van der Waals surface area contributed by atoms with Crippen LogP contribution in [0.5, 0.6) is 0 Å². The molecule has 0 radical (unpaired) electrons. The van der Waals surface area contributed by atoms with Gasteiger partial charge in [0, 0.05) is 38.3 Å². The van der Waals surface area contributed by atoms with Gasteiger partial charge in [0.15, 0.2) is 0 Å². The van der Waals surface area contributed by atoms with E-state index in [-0.39, 0.29) is 9.79 Å². The van der Waals surface area contributed by atoms with Crippen LogP contribution in [0.1, 0.15) is 22.3 Å². The number of anilines is 2. The van der Waals surface area contributed by atoms with Crippen molar-refractivity contribution in [3.05, 3.63) is 119 Å². The van der Waals surface area contributed by atoms with Gasteiger partial charge in [-0.2, -0.15) is 0 Å². The smallest absolute Gasteiger partial charge is 0.264 e. The van der Waals surface area contributed by atoms with Crippen LogP contribution in [0.15, 0.2) is 117 Å². The van der Waals surface area contributed by atoms with E-state index in [2.05, 4.69) is 20.6 Å². The van der Waals surface area contributed by atoms with Gasteiger partial charge in [0.1, 0.15) is 11.7 Å². The molecule has 6 rings (SSSR count). The number of benzene rings is 4. The summed E-state index contributed by atoms with van der Waals surface area (Å²) in [7, 11) is -4.46. The lowest BCUT2D eigenvalue weighted by atomic mass is 10.1. The number of hydrogen-bond acceptors (Lipinski definition) is 8. The summed E-state index contributed by atoms with van der Waals surface area (Å²) in [5, 5.41) is 6.43. The number of nitrogens with one attached hydrogen (secondary N) is 2. The summed E-state index contributed by atoms with van der Waals surface area (Å²) < 4.78 is 55.9. The van der Waals surface area contributed by atoms with Gasteiger partial charge in [-0.15, -0.1) is 0 Å². The predicted molar refractivity (Wildman–Crippen MR) is 179 cm³/mol. The predicted octanol–water partition coefficient (Wildman–Crippen LogP) is 3.63. The lowest BCUT2D eigenvalue weighted by Crippen LogP contribution is -2.26. The Hall–Kier alpha value is -4.68. The number of hydrogen-bond donors (Lipinski definition) is 2. The number of aliphatic imine (C=N–C) groups is 2. The molecule has 0 aromatic heterocycles. The summed E-state index contributed by atoms with van der Waals surface area (Å²) in [4.78, 5) is 9.17. The Balaban J connectivity index is 1.10. The summed E-state index contributed by atoms with van der Waals surface area (Å²) in [6.45, 7) is 3.07. The molecule has 0 saturated heterocycles. The van der Waals surface area contributed by atoms with Crippen LogP contribution in [0.3, 0.4) is 0 Å². The van der Waals surface area contributed by atoms with Crippen molar-refractivity contribution in [2.75, 3.05) is 48.9 Å². The molecular weight excluding hydrogens is 609 g/mol. The Labute approximate surface area is 264 Å². The van der Waals surface area contributed by atoms with Crippen molar-refractivity contribution in [3.8, 4) is 0 Å². The van der Waals surface area contributed by atoms with Crippen LogP contribution in [0.4, 0.5) is 11.4 Å². The second-order valence-corrected chi connectivity index (χ2v) is 14.8. The standard InChI is InChI=1S/C33H34N6O4S2/c1-38(28-11-7-26(8-12-28)32-34-19-20-35-32)44(40,41)30-15-3-24(4-16-30)23-25-5-17-31(18-6-25)45(42,43)39(2)29-13-9-27(10-14-29)33-36-21-22-37-33/h3-18H,19-23H2,1-2H3,(H,34,35)(H,36,37). The Kier molecular flexibility index (Phi) is 8.34. The first kappa shape index (κ1) is 30.4. The van der Waals surface area contributed by atoms with Crippen molar-refractivity contribution < 1.29 is 16.8 Å². The third kappa shape index (κ3) is 6.29. The first-order chi connectivity index (χ1) is 21.6. The van der Waals surface area contributed by atoms with E-state index in [1.165, 1.54) is 22.7 Å². The number of rotatable bonds is 10. The molecule has 0 fully saturated rings. The van der Waals surface area contributed by atoms with Gasteiger partial charge in [-0.05, 0) is 90.3 Å². The second-order valence-electron chi connectivity index (χ2n) is 10.8. The van der Waals surface area contributed by atoms with E-state index >= 15 is 0 Å². The topological polar surface area (TPSA) is 124 Å². The minimum Gasteiger partial charge on any atom is -0.368 e. The first-order valence-corrected chi connectivity index (χ1v) is 17.4. The van der Waals surface area contributed by atoms with Crippen LogP contribution in [0.2, 0.25) is 0 Å². The summed E-state index contributed by atoms with van der Waals surface area (Å²) >= 11 is 0. The molecule has 45 heavy (non-hydrogen) atoms. The molecule has 0 saturated carbocycles. The lowest BCUT2D eigenvalue weighted by Gasteiger charge is -2.20. The molecule has 2 aliphatic heterocycles. The monoisotopic (exact) mass is 642 g/mol. The SMILES string of the molecule is CN(c1ccc(C2=NCCN2)cc1)S(=O)(=O)c1ccc(Cc2ccc(S(=O)(=O)N(C)c3ccc(C4=NCCN4)cc3)cc2)cc1. The van der Waals surface area contributed by atoms with Gasteiger partial charge in [-0.25, -0.2) is 16.8 Å². The fourth-order valence-corrected chi connectivity index (χ4v) is 7.62. The maximum atomic E-state index is 13.3. The zero-order chi connectivity index (χ0) is 31.6. The van der Waals surface area contributed by atoms with Gasteiger partial charge >= 0.3 is 0 Å². The van der Waals surface area contributed by atoms with E-state index in [1.54, 1.807) is 72.8 Å². The summed E-state index contributed by atoms with van der Waals surface area (Å²) in [6.07, 6.45) is 0.519. The second kappa shape index (κ2) is 12.4. The number of nitrogens with zero attached hydrogens (tertiary/aromatic N) is 4. The van der Waals surface area contributed by atoms with Crippen LogP contribution in [0.25, 0.3) is 0 Å². The average molecular weight is 643 g/mol. The van der Waals surface area contributed by atoms with Crippen LogP contribution >= 0.6 is 0 Å². The highest BCUT2D eigenvalue weighted by Crippen LogP contribution is 2.26. The van der Waals surface area contributed by atoms with E-state index in [0.29, 0.717) is 17.8 Å². The van der Waals surface area contributed by atoms with Crippen molar-refractivity contribution >= 4 is 43.1 Å². The molecule has 0 atom stereocenters. The maximum Gasteiger partial charge on any atom is 0.264 e. The van der Waals surface area contributed by atoms with Crippen molar-refractivity contribution in [1.29, 1.82) is 0 Å². The molecule has 0 bridgehead atoms. The van der Waals surface area contributed by atoms with Crippen LogP contribution < -0.4 is 19.2 Å².